The Morgan fingerprint density at radius 3 is 1.69 bits per heavy atom. The van der Waals surface area contributed by atoms with Crippen LogP contribution in [0.4, 0.5) is 22.7 Å². The molecule has 4 nitrogen and oxygen atoms in total. The predicted octanol–water partition coefficient (Wildman–Crippen LogP) is 19.4. The first-order valence-electron chi connectivity index (χ1n) is 26.4. The maximum absolute atomic E-state index is 7.14. The lowest BCUT2D eigenvalue weighted by molar-refractivity contribution is 0.642. The van der Waals surface area contributed by atoms with Gasteiger partial charge in [0.25, 0.3) is 0 Å². The Kier molecular flexibility index (Phi) is 12.6. The third-order valence-corrected chi connectivity index (χ3v) is 15.7. The van der Waals surface area contributed by atoms with Crippen LogP contribution in [0.5, 0.6) is 0 Å². The second-order valence-corrected chi connectivity index (χ2v) is 20.0. The van der Waals surface area contributed by atoms with Crippen LogP contribution < -0.4 is 15.0 Å². The lowest BCUT2D eigenvalue weighted by atomic mass is 9.93. The number of fused-ring (bicyclic) bond motifs is 6. The van der Waals surface area contributed by atoms with E-state index in [1.165, 1.54) is 106 Å². The summed E-state index contributed by atoms with van der Waals surface area (Å²) in [5.74, 6) is 1.39. The molecule has 0 bridgehead atoms. The van der Waals surface area contributed by atoms with E-state index < -0.39 is 0 Å². The van der Waals surface area contributed by atoms with E-state index in [9.17, 15) is 0 Å². The van der Waals surface area contributed by atoms with Gasteiger partial charge >= 0.3 is 0 Å². The maximum Gasteiger partial charge on any atom is 0.159 e. The molecule has 2 aliphatic carbocycles. The fourth-order valence-electron chi connectivity index (χ4n) is 11.9. The number of hydrogen-bond acceptors (Lipinski definition) is 4. The van der Waals surface area contributed by atoms with Crippen LogP contribution in [0.25, 0.3) is 71.5 Å². The van der Waals surface area contributed by atoms with Crippen molar-refractivity contribution in [2.45, 2.75) is 104 Å². The van der Waals surface area contributed by atoms with E-state index in [1.54, 1.807) is 0 Å². The Bertz CT molecular complexity index is 3700. The van der Waals surface area contributed by atoms with Crippen LogP contribution >= 0.6 is 0 Å². The van der Waals surface area contributed by atoms with Gasteiger partial charge in [0, 0.05) is 44.9 Å². The minimum absolute atomic E-state index is 0.320. The van der Waals surface area contributed by atoms with E-state index in [-0.39, 0.29) is 0 Å². The van der Waals surface area contributed by atoms with Gasteiger partial charge in [-0.15, -0.1) is 0 Å². The van der Waals surface area contributed by atoms with Crippen LogP contribution in [0.2, 0.25) is 0 Å². The fourth-order valence-corrected chi connectivity index (χ4v) is 11.9. The van der Waals surface area contributed by atoms with Gasteiger partial charge in [-0.2, -0.15) is 0 Å². The van der Waals surface area contributed by atoms with Gasteiger partial charge in [0.2, 0.25) is 0 Å². The average Bonchev–Trinajstić information content (AvgIpc) is 4.27. The zero-order chi connectivity index (χ0) is 48.8. The topological polar surface area (TPSA) is 32.8 Å². The van der Waals surface area contributed by atoms with Crippen molar-refractivity contribution in [2.24, 2.45) is 5.92 Å². The average molecular weight is 931 g/mol. The number of nitrogens with zero attached hydrogens (tertiary/aromatic N) is 2. The van der Waals surface area contributed by atoms with E-state index >= 15 is 0 Å². The highest BCUT2D eigenvalue weighted by Gasteiger charge is 2.28. The van der Waals surface area contributed by atoms with Gasteiger partial charge in [-0.25, -0.2) is 0 Å². The highest BCUT2D eigenvalue weighted by atomic mass is 16.3. The number of allylic oxidation sites excluding steroid dienone is 3. The number of hydrogen-bond donors (Lipinski definition) is 0. The molecule has 10 aromatic rings. The number of furan rings is 2. The number of rotatable bonds is 12. The van der Waals surface area contributed by atoms with Crippen molar-refractivity contribution in [3.63, 3.8) is 0 Å². The molecule has 0 saturated heterocycles. The van der Waals surface area contributed by atoms with E-state index in [0.717, 1.165) is 67.1 Å². The molecule has 0 spiro atoms. The molecule has 0 atom stereocenters. The maximum atomic E-state index is 7.14. The van der Waals surface area contributed by atoms with Crippen LogP contribution in [0, 0.1) is 5.92 Å². The molecule has 2 aliphatic rings. The number of para-hydroxylation sites is 5. The summed E-state index contributed by atoms with van der Waals surface area (Å²) in [6.45, 7) is 20.3. The van der Waals surface area contributed by atoms with Crippen molar-refractivity contribution in [1.29, 1.82) is 0 Å². The monoisotopic (exact) mass is 931 g/mol. The zero-order valence-corrected chi connectivity index (χ0v) is 42.2. The van der Waals surface area contributed by atoms with Gasteiger partial charge in [-0.1, -0.05) is 193 Å². The van der Waals surface area contributed by atoms with Crippen molar-refractivity contribution in [3.05, 3.63) is 198 Å². The smallest absolute Gasteiger partial charge is 0.159 e. The first kappa shape index (κ1) is 46.1. The predicted molar refractivity (Wildman–Crippen MR) is 305 cm³/mol. The van der Waals surface area contributed by atoms with Crippen LogP contribution in [-0.2, 0) is 6.54 Å². The molecule has 2 aromatic heterocycles. The molecule has 71 heavy (non-hydrogen) atoms. The minimum atomic E-state index is 0.320. The first-order chi connectivity index (χ1) is 34.9. The Labute approximate surface area is 419 Å². The summed E-state index contributed by atoms with van der Waals surface area (Å²) >= 11 is 0. The molecular formula is C67H66N2O2. The molecule has 0 unspecified atom stereocenters. The summed E-state index contributed by atoms with van der Waals surface area (Å²) in [7, 11) is 0. The summed E-state index contributed by atoms with van der Waals surface area (Å²) in [5, 5.41) is 10.7. The zero-order valence-electron chi connectivity index (χ0n) is 42.2. The van der Waals surface area contributed by atoms with Gasteiger partial charge in [0.1, 0.15) is 11.2 Å². The highest BCUT2D eigenvalue weighted by molar-refractivity contribution is 6.19. The molecule has 4 heteroatoms. The van der Waals surface area contributed by atoms with Gasteiger partial charge in [0.15, 0.2) is 11.2 Å². The molecule has 2 saturated carbocycles. The van der Waals surface area contributed by atoms with E-state index in [1.807, 2.05) is 13.8 Å². The van der Waals surface area contributed by atoms with E-state index in [0.29, 0.717) is 24.3 Å². The molecule has 2 heterocycles. The lowest BCUT2D eigenvalue weighted by Gasteiger charge is -2.29. The van der Waals surface area contributed by atoms with Crippen LogP contribution in [-0.4, -0.2) is 0 Å². The highest BCUT2D eigenvalue weighted by Crippen LogP contribution is 2.48. The van der Waals surface area contributed by atoms with Crippen LogP contribution in [0.15, 0.2) is 185 Å². The summed E-state index contributed by atoms with van der Waals surface area (Å²) in [6.07, 6.45) is 16.5. The molecular weight excluding hydrogens is 865 g/mol. The Morgan fingerprint density at radius 2 is 1.10 bits per heavy atom. The minimum Gasteiger partial charge on any atom is -0.454 e. The largest absolute Gasteiger partial charge is 0.454 e. The van der Waals surface area contributed by atoms with Crippen molar-refractivity contribution in [1.82, 2.24) is 0 Å². The summed E-state index contributed by atoms with van der Waals surface area (Å²) in [5.41, 5.74) is 13.9. The second kappa shape index (κ2) is 19.5. The van der Waals surface area contributed by atoms with Crippen molar-refractivity contribution >= 4 is 94.2 Å². The lowest BCUT2D eigenvalue weighted by Crippen LogP contribution is -2.22. The standard InChI is InChI=1S/C65H60N2O2.C2H6/c1-6-44-36-38-56-57(67(49-22-8-7-9-23-49)59-31-17-29-55-53-27-15-25-51(46-20-12-13-21-46)63(53)69-65(55)59)39-37-47-34-35-48(60(44)61(47)56)40-66(43(5)33-32-42(4)41(2)3)58-30-16-28-54-52-26-14-24-50(45-18-10-11-19-45)62(52)68-64(54)58;1-2/h6-9,14-17,22-39,41,45-46H,4-5,10-13,18-21,40H2,1-3H3;1-2H3/b33-32-,44-6-;. The normalized spacial score (nSPS) is 14.9. The Morgan fingerprint density at radius 1 is 0.549 bits per heavy atom. The summed E-state index contributed by atoms with van der Waals surface area (Å²) in [6, 6.07) is 51.4. The molecule has 0 radical (unpaired) electrons. The SMILES string of the molecule is C=C(/C=C\C(=C)N(Cc1ccc2ccc(N(c3ccccc3)c3cccc4c3oc3c(C5CCCC5)cccc34)c3cc/c(=C/C)c1c23)c1cccc2c1oc1c(C3CCCC3)cccc12)C(C)C.CC. The van der Waals surface area contributed by atoms with Gasteiger partial charge in [-0.3, -0.25) is 0 Å². The molecule has 12 rings (SSSR count). The molecule has 8 aromatic carbocycles. The van der Waals surface area contributed by atoms with Gasteiger partial charge in [-0.05, 0) is 125 Å². The molecule has 356 valence electrons. The second-order valence-electron chi connectivity index (χ2n) is 20.0. The Balaban J connectivity index is 0.00000270. The Hall–Kier alpha value is -7.30. The third-order valence-electron chi connectivity index (χ3n) is 15.7. The van der Waals surface area contributed by atoms with Crippen LogP contribution in [0.3, 0.4) is 0 Å². The van der Waals surface area contributed by atoms with Crippen molar-refractivity contribution in [2.75, 3.05) is 9.80 Å². The van der Waals surface area contributed by atoms with Gasteiger partial charge < -0.3 is 18.6 Å². The van der Waals surface area contributed by atoms with Gasteiger partial charge in [0.05, 0.1) is 17.1 Å². The first-order valence-corrected chi connectivity index (χ1v) is 26.4. The summed E-state index contributed by atoms with van der Waals surface area (Å²) < 4.78 is 14.2. The number of anilines is 4. The molecule has 0 amide bonds. The molecule has 0 aliphatic heterocycles. The molecule has 0 N–H and O–H groups in total. The van der Waals surface area contributed by atoms with Crippen molar-refractivity contribution < 1.29 is 8.83 Å². The van der Waals surface area contributed by atoms with E-state index in [4.69, 9.17) is 15.4 Å². The van der Waals surface area contributed by atoms with Crippen LogP contribution in [0.1, 0.15) is 115 Å². The fraction of sp³-hybridized carbons (Fsp3) is 0.254. The number of benzene rings is 8. The van der Waals surface area contributed by atoms with E-state index in [2.05, 4.69) is 195 Å². The third kappa shape index (κ3) is 8.12. The van der Waals surface area contributed by atoms with Crippen molar-refractivity contribution in [3.8, 4) is 0 Å². The quantitative estimate of drug-likeness (QED) is 0.114. The summed E-state index contributed by atoms with van der Waals surface area (Å²) in [4.78, 5) is 4.77. The molecule has 2 fully saturated rings.